The molecular formula is C20H24BNO3S. The van der Waals surface area contributed by atoms with Crippen LogP contribution in [0.15, 0.2) is 60.7 Å². The predicted molar refractivity (Wildman–Crippen MR) is 109 cm³/mol. The lowest BCUT2D eigenvalue weighted by Crippen LogP contribution is -2.41. The van der Waals surface area contributed by atoms with Crippen LogP contribution in [0.1, 0.15) is 39.3 Å². The van der Waals surface area contributed by atoms with Crippen LogP contribution in [0.25, 0.3) is 0 Å². The Hall–Kier alpha value is -1.89. The molecule has 0 saturated carbocycles. The number of para-hydroxylation sites is 1. The van der Waals surface area contributed by atoms with Crippen LogP contribution in [0.2, 0.25) is 0 Å². The lowest BCUT2D eigenvalue weighted by Gasteiger charge is -2.32. The lowest BCUT2D eigenvalue weighted by atomic mass is 9.76. The molecule has 2 aromatic carbocycles. The summed E-state index contributed by atoms with van der Waals surface area (Å²) in [5.74, 6) is 0. The van der Waals surface area contributed by atoms with Gasteiger partial charge < -0.3 is 19.4 Å². The minimum Gasteiger partial charge on any atom is -0.465 e. The van der Waals surface area contributed by atoms with E-state index in [0.717, 1.165) is 11.3 Å². The molecule has 136 valence electrons. The maximum atomic E-state index is 6.20. The topological polar surface area (TPSA) is 39.7 Å². The molecule has 0 bridgehead atoms. The highest BCUT2D eigenvalue weighted by Gasteiger charge is 2.55. The van der Waals surface area contributed by atoms with Crippen LogP contribution >= 0.6 is 12.2 Å². The molecule has 1 N–H and O–H groups in total. The maximum Gasteiger partial charge on any atom is 0.506 e. The molecule has 0 radical (unpaired) electrons. The standard InChI is InChI=1S/C20H24BNO3S/c1-19(2)20(3,4)25-21(24-19)17(15-11-7-5-8-12-15)23-18(26)22-16-13-9-6-10-14-16/h5-14,17H,1-4H3,(H,22,26). The third kappa shape index (κ3) is 4.09. The molecule has 1 atom stereocenters. The molecule has 1 unspecified atom stereocenters. The van der Waals surface area contributed by atoms with E-state index in [-0.39, 0.29) is 5.17 Å². The number of rotatable bonds is 4. The van der Waals surface area contributed by atoms with Crippen LogP contribution < -0.4 is 5.32 Å². The van der Waals surface area contributed by atoms with Gasteiger partial charge in [0.25, 0.3) is 5.17 Å². The van der Waals surface area contributed by atoms with Crippen LogP contribution in [0.3, 0.4) is 0 Å². The van der Waals surface area contributed by atoms with Crippen molar-refractivity contribution >= 4 is 30.2 Å². The first-order valence-electron chi connectivity index (χ1n) is 8.72. The fourth-order valence-corrected chi connectivity index (χ4v) is 2.94. The van der Waals surface area contributed by atoms with Crippen molar-refractivity contribution in [1.29, 1.82) is 0 Å². The van der Waals surface area contributed by atoms with Gasteiger partial charge in [0.05, 0.1) is 11.2 Å². The van der Waals surface area contributed by atoms with Gasteiger partial charge in [-0.15, -0.1) is 0 Å². The molecule has 0 aromatic heterocycles. The number of hydrogen-bond donors (Lipinski definition) is 1. The first-order valence-corrected chi connectivity index (χ1v) is 9.13. The van der Waals surface area contributed by atoms with E-state index in [1.54, 1.807) is 0 Å². The molecule has 1 saturated heterocycles. The van der Waals surface area contributed by atoms with Gasteiger partial charge in [0.1, 0.15) is 0 Å². The van der Waals surface area contributed by atoms with Gasteiger partial charge in [-0.05, 0) is 57.6 Å². The summed E-state index contributed by atoms with van der Waals surface area (Å²) < 4.78 is 18.5. The first kappa shape index (κ1) is 18.9. The SMILES string of the molecule is CC1(C)OB(C(OC(=S)Nc2ccccc2)c2ccccc2)OC1(C)C. The van der Waals surface area contributed by atoms with Crippen LogP contribution in [0.4, 0.5) is 5.69 Å². The van der Waals surface area contributed by atoms with Crippen molar-refractivity contribution in [2.75, 3.05) is 5.32 Å². The van der Waals surface area contributed by atoms with Crippen LogP contribution in [0.5, 0.6) is 0 Å². The summed E-state index contributed by atoms with van der Waals surface area (Å²) in [6.45, 7) is 8.09. The number of hydrogen-bond acceptors (Lipinski definition) is 4. The predicted octanol–water partition coefficient (Wildman–Crippen LogP) is 4.77. The number of benzene rings is 2. The zero-order valence-electron chi connectivity index (χ0n) is 15.6. The third-order valence-electron chi connectivity index (χ3n) is 4.90. The van der Waals surface area contributed by atoms with Crippen LogP contribution in [-0.4, -0.2) is 23.5 Å². The van der Waals surface area contributed by atoms with E-state index in [9.17, 15) is 0 Å². The van der Waals surface area contributed by atoms with Gasteiger partial charge in [-0.2, -0.15) is 0 Å². The van der Waals surface area contributed by atoms with Crippen molar-refractivity contribution in [1.82, 2.24) is 0 Å². The van der Waals surface area contributed by atoms with Crippen molar-refractivity contribution < 1.29 is 14.0 Å². The summed E-state index contributed by atoms with van der Waals surface area (Å²) in [4.78, 5) is 0. The van der Waals surface area contributed by atoms with Crippen molar-refractivity contribution in [3.63, 3.8) is 0 Å². The number of ether oxygens (including phenoxy) is 1. The van der Waals surface area contributed by atoms with E-state index < -0.39 is 24.3 Å². The van der Waals surface area contributed by atoms with E-state index in [1.165, 1.54) is 0 Å². The fourth-order valence-electron chi connectivity index (χ4n) is 2.72. The Morgan fingerprint density at radius 3 is 1.96 bits per heavy atom. The summed E-state index contributed by atoms with van der Waals surface area (Å²) in [5.41, 5.74) is 0.937. The van der Waals surface area contributed by atoms with Gasteiger partial charge in [0.15, 0.2) is 6.00 Å². The van der Waals surface area contributed by atoms with Crippen molar-refractivity contribution in [2.45, 2.75) is 44.9 Å². The first-order chi connectivity index (χ1) is 12.3. The van der Waals surface area contributed by atoms with Gasteiger partial charge in [-0.1, -0.05) is 48.5 Å². The Bertz CT molecular complexity index is 736. The average Bonchev–Trinajstić information content (AvgIpc) is 2.82. The largest absolute Gasteiger partial charge is 0.506 e. The second kappa shape index (κ2) is 7.39. The van der Waals surface area contributed by atoms with E-state index >= 15 is 0 Å². The molecule has 1 aliphatic heterocycles. The average molecular weight is 369 g/mol. The van der Waals surface area contributed by atoms with Crippen molar-refractivity contribution in [2.24, 2.45) is 0 Å². The molecule has 2 aromatic rings. The quantitative estimate of drug-likeness (QED) is 0.621. The van der Waals surface area contributed by atoms with Crippen LogP contribution in [-0.2, 0) is 14.0 Å². The van der Waals surface area contributed by atoms with Crippen LogP contribution in [0, 0.1) is 0 Å². The minimum atomic E-state index is -0.557. The van der Waals surface area contributed by atoms with Crippen molar-refractivity contribution in [3.05, 3.63) is 66.2 Å². The molecular weight excluding hydrogens is 345 g/mol. The summed E-state index contributed by atoms with van der Waals surface area (Å²) in [5, 5.41) is 3.38. The Morgan fingerprint density at radius 2 is 1.42 bits per heavy atom. The molecule has 0 amide bonds. The number of thiocarbonyl (C=S) groups is 1. The molecule has 1 aliphatic rings. The molecule has 1 heterocycles. The van der Waals surface area contributed by atoms with E-state index in [4.69, 9.17) is 26.3 Å². The molecule has 4 nitrogen and oxygen atoms in total. The van der Waals surface area contributed by atoms with Gasteiger partial charge in [0.2, 0.25) is 0 Å². The Labute approximate surface area is 161 Å². The van der Waals surface area contributed by atoms with E-state index in [1.807, 2.05) is 88.4 Å². The fraction of sp³-hybridized carbons (Fsp3) is 0.350. The summed E-state index contributed by atoms with van der Waals surface area (Å²) >= 11 is 5.42. The van der Waals surface area contributed by atoms with Gasteiger partial charge in [0, 0.05) is 5.69 Å². The third-order valence-corrected chi connectivity index (χ3v) is 5.10. The van der Waals surface area contributed by atoms with Gasteiger partial charge >= 0.3 is 7.12 Å². The number of anilines is 1. The monoisotopic (exact) mass is 369 g/mol. The number of nitrogens with one attached hydrogen (secondary N) is 1. The van der Waals surface area contributed by atoms with Gasteiger partial charge in [-0.3, -0.25) is 0 Å². The lowest BCUT2D eigenvalue weighted by molar-refractivity contribution is 0.00578. The minimum absolute atomic E-state index is 0.278. The van der Waals surface area contributed by atoms with E-state index in [2.05, 4.69) is 5.32 Å². The zero-order valence-corrected chi connectivity index (χ0v) is 16.4. The molecule has 3 rings (SSSR count). The molecule has 0 spiro atoms. The Balaban J connectivity index is 1.80. The summed E-state index contributed by atoms with van der Waals surface area (Å²) in [6, 6.07) is 19.1. The zero-order chi connectivity index (χ0) is 18.8. The Morgan fingerprint density at radius 1 is 0.923 bits per heavy atom. The highest BCUT2D eigenvalue weighted by atomic mass is 32.1. The second-order valence-electron chi connectivity index (χ2n) is 7.35. The summed E-state index contributed by atoms with van der Waals surface area (Å²) in [6.07, 6.45) is 0. The normalized spacial score (nSPS) is 19.0. The smallest absolute Gasteiger partial charge is 0.465 e. The molecule has 1 fully saturated rings. The molecule has 6 heteroatoms. The Kier molecular flexibility index (Phi) is 5.37. The molecule has 0 aliphatic carbocycles. The second-order valence-corrected chi connectivity index (χ2v) is 7.72. The van der Waals surface area contributed by atoms with Crippen molar-refractivity contribution in [3.8, 4) is 0 Å². The van der Waals surface area contributed by atoms with Gasteiger partial charge in [-0.25, -0.2) is 0 Å². The maximum absolute atomic E-state index is 6.20. The summed E-state index contributed by atoms with van der Waals surface area (Å²) in [7, 11) is -0.557. The molecule has 26 heavy (non-hydrogen) atoms. The highest BCUT2D eigenvalue weighted by molar-refractivity contribution is 7.80. The highest BCUT2D eigenvalue weighted by Crippen LogP contribution is 2.41. The van der Waals surface area contributed by atoms with E-state index in [0.29, 0.717) is 0 Å².